The molecule has 10 nitrogen and oxygen atoms in total. The number of benzene rings is 1. The van der Waals surface area contributed by atoms with Crippen LogP contribution >= 0.6 is 0 Å². The summed E-state index contributed by atoms with van der Waals surface area (Å²) in [5, 5.41) is 19.7. The highest BCUT2D eigenvalue weighted by Gasteiger charge is 2.21. The van der Waals surface area contributed by atoms with Gasteiger partial charge in [-0.2, -0.15) is 5.10 Å². The molecule has 0 bridgehead atoms. The van der Waals surface area contributed by atoms with Gasteiger partial charge in [-0.05, 0) is 12.1 Å². The first-order chi connectivity index (χ1) is 9.94. The highest BCUT2D eigenvalue weighted by molar-refractivity contribution is 7.89. The van der Waals surface area contributed by atoms with Crippen molar-refractivity contribution in [2.45, 2.75) is 11.4 Å². The summed E-state index contributed by atoms with van der Waals surface area (Å²) in [6.45, 7) is -0.0933. The Morgan fingerprint density at radius 2 is 2.19 bits per heavy atom. The summed E-state index contributed by atoms with van der Waals surface area (Å²) in [5.41, 5.74) is -0.0887. The fraction of sp³-hybridized carbons (Fsp3) is 0.200. The Hall–Kier alpha value is -2.53. The highest BCUT2D eigenvalue weighted by Crippen LogP contribution is 2.26. The van der Waals surface area contributed by atoms with Gasteiger partial charge in [0.25, 0.3) is 5.69 Å². The van der Waals surface area contributed by atoms with Crippen molar-refractivity contribution in [3.8, 4) is 0 Å². The maximum Gasteiger partial charge on any atom is 0.293 e. The average Bonchev–Trinajstić information content (AvgIpc) is 2.97. The van der Waals surface area contributed by atoms with Crippen LogP contribution in [0.2, 0.25) is 0 Å². The molecule has 0 unspecified atom stereocenters. The molecule has 112 valence electrons. The summed E-state index contributed by atoms with van der Waals surface area (Å²) in [6.07, 6.45) is 1.25. The van der Waals surface area contributed by atoms with E-state index in [1.54, 1.807) is 0 Å². The van der Waals surface area contributed by atoms with E-state index in [1.165, 1.54) is 25.5 Å². The Morgan fingerprint density at radius 3 is 2.76 bits per heavy atom. The van der Waals surface area contributed by atoms with Gasteiger partial charge in [0.05, 0.1) is 16.4 Å². The van der Waals surface area contributed by atoms with Gasteiger partial charge in [0.1, 0.15) is 17.8 Å². The van der Waals surface area contributed by atoms with Crippen LogP contribution in [-0.2, 0) is 16.6 Å². The molecule has 3 N–H and O–H groups in total. The summed E-state index contributed by atoms with van der Waals surface area (Å²) >= 11 is 0. The molecule has 0 aliphatic rings. The molecule has 0 atom stereocenters. The van der Waals surface area contributed by atoms with Crippen molar-refractivity contribution in [1.29, 1.82) is 0 Å². The van der Waals surface area contributed by atoms with Crippen LogP contribution in [0.4, 0.5) is 11.4 Å². The van der Waals surface area contributed by atoms with Crippen LogP contribution in [0, 0.1) is 10.1 Å². The molecule has 0 saturated heterocycles. The molecule has 0 amide bonds. The third-order valence-corrected chi connectivity index (χ3v) is 4.04. The van der Waals surface area contributed by atoms with Gasteiger partial charge < -0.3 is 5.32 Å². The van der Waals surface area contributed by atoms with Gasteiger partial charge in [0.2, 0.25) is 10.0 Å². The van der Waals surface area contributed by atoms with E-state index >= 15 is 0 Å². The van der Waals surface area contributed by atoms with Crippen LogP contribution in [0.1, 0.15) is 5.82 Å². The highest BCUT2D eigenvalue weighted by atomic mass is 32.2. The molecule has 2 aromatic rings. The molecular weight excluding hydrogens is 300 g/mol. The van der Waals surface area contributed by atoms with Crippen LogP contribution in [-0.4, -0.2) is 35.6 Å². The lowest BCUT2D eigenvalue weighted by Gasteiger charge is -2.07. The van der Waals surface area contributed by atoms with Crippen molar-refractivity contribution in [2.75, 3.05) is 12.4 Å². The SMILES string of the molecule is CNc1ccc(S(=O)(=O)NCc2ncn[nH]2)cc1[N+](=O)[O-]. The number of nitrogens with zero attached hydrogens (tertiary/aromatic N) is 3. The summed E-state index contributed by atoms with van der Waals surface area (Å²) in [6, 6.07) is 3.61. The Bertz CT molecular complexity index is 743. The lowest BCUT2D eigenvalue weighted by molar-refractivity contribution is -0.384. The molecule has 0 saturated carbocycles. The summed E-state index contributed by atoms with van der Waals surface area (Å²) in [4.78, 5) is 13.9. The Kier molecular flexibility index (Phi) is 4.14. The van der Waals surface area contributed by atoms with Crippen molar-refractivity contribution in [1.82, 2.24) is 19.9 Å². The van der Waals surface area contributed by atoms with E-state index in [9.17, 15) is 18.5 Å². The quantitative estimate of drug-likeness (QED) is 0.511. The third-order valence-electron chi connectivity index (χ3n) is 2.64. The Labute approximate surface area is 119 Å². The molecule has 0 fully saturated rings. The fourth-order valence-electron chi connectivity index (χ4n) is 1.60. The Morgan fingerprint density at radius 1 is 1.43 bits per heavy atom. The van der Waals surface area contributed by atoms with E-state index in [0.29, 0.717) is 5.82 Å². The number of H-pyrrole nitrogens is 1. The molecular formula is C10H12N6O4S. The first-order valence-electron chi connectivity index (χ1n) is 5.74. The average molecular weight is 312 g/mol. The molecule has 0 aliphatic carbocycles. The largest absolute Gasteiger partial charge is 0.383 e. The van der Waals surface area contributed by atoms with Crippen molar-refractivity contribution >= 4 is 21.4 Å². The van der Waals surface area contributed by atoms with Gasteiger partial charge in [0.15, 0.2) is 0 Å². The lowest BCUT2D eigenvalue weighted by Crippen LogP contribution is -2.24. The van der Waals surface area contributed by atoms with Crippen LogP contribution in [0.15, 0.2) is 29.4 Å². The van der Waals surface area contributed by atoms with Crippen LogP contribution in [0.3, 0.4) is 0 Å². The van der Waals surface area contributed by atoms with Gasteiger partial charge in [0, 0.05) is 13.1 Å². The van der Waals surface area contributed by atoms with Crippen LogP contribution in [0.5, 0.6) is 0 Å². The Balaban J connectivity index is 2.27. The number of nitro benzene ring substituents is 1. The zero-order valence-corrected chi connectivity index (χ0v) is 11.7. The fourth-order valence-corrected chi connectivity index (χ4v) is 2.61. The number of hydrogen-bond donors (Lipinski definition) is 3. The maximum atomic E-state index is 12.1. The summed E-state index contributed by atoms with van der Waals surface area (Å²) in [5.74, 6) is 0.333. The number of nitrogens with one attached hydrogen (secondary N) is 3. The topological polar surface area (TPSA) is 143 Å². The van der Waals surface area contributed by atoms with Gasteiger partial charge in [-0.1, -0.05) is 0 Å². The number of aromatic amines is 1. The zero-order chi connectivity index (χ0) is 15.5. The van der Waals surface area contributed by atoms with E-state index in [-0.39, 0.29) is 22.8 Å². The molecule has 11 heteroatoms. The molecule has 0 spiro atoms. The van der Waals surface area contributed by atoms with Crippen molar-refractivity contribution in [3.05, 3.63) is 40.5 Å². The monoisotopic (exact) mass is 312 g/mol. The van der Waals surface area contributed by atoms with E-state index in [0.717, 1.165) is 6.07 Å². The van der Waals surface area contributed by atoms with Gasteiger partial charge in [-0.25, -0.2) is 18.1 Å². The smallest absolute Gasteiger partial charge is 0.293 e. The first-order valence-corrected chi connectivity index (χ1v) is 7.22. The number of aromatic nitrogens is 3. The zero-order valence-electron chi connectivity index (χ0n) is 10.9. The minimum atomic E-state index is -3.89. The van der Waals surface area contributed by atoms with E-state index in [4.69, 9.17) is 0 Å². The second-order valence-electron chi connectivity index (χ2n) is 3.94. The summed E-state index contributed by atoms with van der Waals surface area (Å²) in [7, 11) is -2.37. The lowest BCUT2D eigenvalue weighted by atomic mass is 10.3. The third kappa shape index (κ3) is 3.32. The molecule has 1 aromatic carbocycles. The first kappa shape index (κ1) is 14.9. The van der Waals surface area contributed by atoms with Gasteiger partial charge in [-0.3, -0.25) is 15.2 Å². The maximum absolute atomic E-state index is 12.1. The van der Waals surface area contributed by atoms with Crippen LogP contribution < -0.4 is 10.0 Å². The molecule has 1 aromatic heterocycles. The van der Waals surface area contributed by atoms with Crippen molar-refractivity contribution in [3.63, 3.8) is 0 Å². The predicted molar refractivity (Wildman–Crippen MR) is 73.1 cm³/mol. The molecule has 1 heterocycles. The molecule has 21 heavy (non-hydrogen) atoms. The van der Waals surface area contributed by atoms with E-state index < -0.39 is 14.9 Å². The normalized spacial score (nSPS) is 11.3. The second kappa shape index (κ2) is 5.85. The minimum absolute atomic E-state index is 0.0933. The van der Waals surface area contributed by atoms with Crippen molar-refractivity contribution in [2.24, 2.45) is 0 Å². The standard InChI is InChI=1S/C10H12N6O4S/c1-11-8-3-2-7(4-9(8)16(17)18)21(19,20)14-5-10-12-6-13-15-10/h2-4,6,11,14H,5H2,1H3,(H,12,13,15). The number of nitro groups is 1. The van der Waals surface area contributed by atoms with E-state index in [1.807, 2.05) is 0 Å². The second-order valence-corrected chi connectivity index (χ2v) is 5.71. The number of sulfonamides is 1. The molecule has 0 aliphatic heterocycles. The van der Waals surface area contributed by atoms with E-state index in [2.05, 4.69) is 25.2 Å². The van der Waals surface area contributed by atoms with Crippen molar-refractivity contribution < 1.29 is 13.3 Å². The summed E-state index contributed by atoms with van der Waals surface area (Å²) < 4.78 is 26.4. The van der Waals surface area contributed by atoms with Gasteiger partial charge >= 0.3 is 0 Å². The minimum Gasteiger partial charge on any atom is -0.383 e. The van der Waals surface area contributed by atoms with Crippen LogP contribution in [0.25, 0.3) is 0 Å². The number of hydrogen-bond acceptors (Lipinski definition) is 7. The molecule has 2 rings (SSSR count). The predicted octanol–water partition coefficient (Wildman–Crippen LogP) is 0.233. The molecule has 0 radical (unpaired) electrons. The number of rotatable bonds is 6. The number of anilines is 1. The van der Waals surface area contributed by atoms with Gasteiger partial charge in [-0.15, -0.1) is 0 Å².